The van der Waals surface area contributed by atoms with Gasteiger partial charge in [-0.15, -0.1) is 0 Å². The van der Waals surface area contributed by atoms with E-state index in [1.807, 2.05) is 0 Å². The predicted molar refractivity (Wildman–Crippen MR) is 240 cm³/mol. The third kappa shape index (κ3) is 11.7. The summed E-state index contributed by atoms with van der Waals surface area (Å²) in [7, 11) is 0. The van der Waals surface area contributed by atoms with Crippen molar-refractivity contribution in [2.75, 3.05) is 76.6 Å². The van der Waals surface area contributed by atoms with Crippen LogP contribution in [0.3, 0.4) is 0 Å². The highest BCUT2D eigenvalue weighted by molar-refractivity contribution is 6.06. The number of anilines is 2. The van der Waals surface area contributed by atoms with E-state index in [2.05, 4.69) is 47.7 Å². The standard InChI is InChI=1S/C46H55N11O10/c47-24-28-22-30-26-52-57(41(30)51-25-28)38-23-36(53-31-8-9-31)34(27-50-38)43(60)54-32-6-4-29(5-7-32)42(59)49-13-15-65-17-19-67-21-20-66-18-16-64-14-12-48-35-3-1-2-33-40(35)46(63)56(45(33)62)37-10-11-39(58)55-44(37)61/h1-3,22-23,25-27,29,31-32,37,46,48,63H,4-21H2,(H,49,59)(H,50,53)(H,54,60)(H,55,58,61)/t29-,32-,37?,46?. The van der Waals surface area contributed by atoms with Gasteiger partial charge in [0, 0.05) is 78.2 Å². The zero-order valence-electron chi connectivity index (χ0n) is 37.0. The molecule has 5 heterocycles. The second-order valence-electron chi connectivity index (χ2n) is 16.8. The molecule has 2 aliphatic heterocycles. The molecule has 5 amide bonds. The number of aliphatic hydroxyl groups excluding tert-OH is 1. The highest BCUT2D eigenvalue weighted by atomic mass is 16.6. The third-order valence-corrected chi connectivity index (χ3v) is 12.1. The number of nitrogens with zero attached hydrogens (tertiary/aromatic N) is 6. The van der Waals surface area contributed by atoms with Crippen molar-refractivity contribution in [2.24, 2.45) is 5.92 Å². The maximum Gasteiger partial charge on any atom is 0.257 e. The second-order valence-corrected chi connectivity index (χ2v) is 16.8. The lowest BCUT2D eigenvalue weighted by molar-refractivity contribution is -0.139. The number of piperidine rings is 1. The number of nitriles is 1. The molecule has 3 fully saturated rings. The Morgan fingerprint density at radius 2 is 1.52 bits per heavy atom. The monoisotopic (exact) mass is 921 g/mol. The lowest BCUT2D eigenvalue weighted by atomic mass is 9.85. The molecular formula is C46H55N11O10. The quantitative estimate of drug-likeness (QED) is 0.0459. The number of hydrogen-bond acceptors (Lipinski definition) is 16. The number of carbonyl (C=O) groups excluding carboxylic acids is 5. The van der Waals surface area contributed by atoms with E-state index >= 15 is 0 Å². The first kappa shape index (κ1) is 46.9. The topological polar surface area (TPSA) is 273 Å². The summed E-state index contributed by atoms with van der Waals surface area (Å²) in [5.74, 6) is -1.32. The number of nitrogens with one attached hydrogen (secondary N) is 5. The van der Waals surface area contributed by atoms with E-state index in [0.29, 0.717) is 142 Å². The number of pyridine rings is 2. The number of carbonyl (C=O) groups is 5. The van der Waals surface area contributed by atoms with Crippen LogP contribution in [-0.4, -0.2) is 143 Å². The number of aromatic nitrogens is 4. The average Bonchev–Trinajstić information content (AvgIpc) is 3.99. The van der Waals surface area contributed by atoms with Crippen LogP contribution in [0.1, 0.15) is 89.4 Å². The number of aliphatic hydroxyl groups is 1. The summed E-state index contributed by atoms with van der Waals surface area (Å²) in [5.41, 5.74) is 3.37. The van der Waals surface area contributed by atoms with Crippen molar-refractivity contribution in [1.29, 1.82) is 5.26 Å². The molecular weight excluding hydrogens is 867 g/mol. The molecule has 354 valence electrons. The smallest absolute Gasteiger partial charge is 0.257 e. The Hall–Kier alpha value is -6.57. The van der Waals surface area contributed by atoms with Crippen LogP contribution in [-0.2, 0) is 33.3 Å². The lowest BCUT2D eigenvalue weighted by Gasteiger charge is -2.32. The molecule has 3 aromatic heterocycles. The van der Waals surface area contributed by atoms with E-state index in [1.54, 1.807) is 47.4 Å². The first-order chi connectivity index (χ1) is 32.7. The van der Waals surface area contributed by atoms with Crippen molar-refractivity contribution in [1.82, 2.24) is 40.6 Å². The Labute approximate surface area is 386 Å². The molecule has 4 aromatic rings. The van der Waals surface area contributed by atoms with Gasteiger partial charge in [0.25, 0.3) is 11.8 Å². The summed E-state index contributed by atoms with van der Waals surface area (Å²) >= 11 is 0. The highest BCUT2D eigenvalue weighted by Crippen LogP contribution is 2.39. The summed E-state index contributed by atoms with van der Waals surface area (Å²) in [6, 6.07) is 9.96. The van der Waals surface area contributed by atoms with Crippen LogP contribution >= 0.6 is 0 Å². The summed E-state index contributed by atoms with van der Waals surface area (Å²) in [6.45, 7) is 3.74. The molecule has 67 heavy (non-hydrogen) atoms. The van der Waals surface area contributed by atoms with Gasteiger partial charge < -0.3 is 45.3 Å². The van der Waals surface area contributed by atoms with Gasteiger partial charge in [-0.1, -0.05) is 6.07 Å². The minimum Gasteiger partial charge on any atom is -0.382 e. The van der Waals surface area contributed by atoms with Crippen LogP contribution in [0.25, 0.3) is 16.9 Å². The van der Waals surface area contributed by atoms with Crippen molar-refractivity contribution in [2.45, 2.75) is 75.7 Å². The van der Waals surface area contributed by atoms with Crippen LogP contribution in [0.15, 0.2) is 48.9 Å². The fourth-order valence-corrected chi connectivity index (χ4v) is 8.46. The number of ether oxygens (including phenoxy) is 4. The fourth-order valence-electron chi connectivity index (χ4n) is 8.46. The number of imide groups is 1. The van der Waals surface area contributed by atoms with E-state index in [-0.39, 0.29) is 42.7 Å². The van der Waals surface area contributed by atoms with E-state index < -0.39 is 30.0 Å². The Kier molecular flexibility index (Phi) is 15.6. The molecule has 4 aliphatic rings. The number of benzene rings is 1. The zero-order chi connectivity index (χ0) is 46.7. The lowest BCUT2D eigenvalue weighted by Crippen LogP contribution is -2.53. The summed E-state index contributed by atoms with van der Waals surface area (Å²) in [4.78, 5) is 73.5. The van der Waals surface area contributed by atoms with E-state index in [9.17, 15) is 34.3 Å². The average molecular weight is 922 g/mol. The molecule has 6 N–H and O–H groups in total. The SMILES string of the molecule is N#Cc1cnc2c(cnn2-c2cc(NC3CC3)c(C(=O)N[C@H]3CC[C@H](C(=O)NCCOCCOCCOCCOCCNc4cccc5c4C(O)N(C4CCC(=O)NC4=O)C5=O)CC3)cn2)c1. The van der Waals surface area contributed by atoms with Crippen molar-refractivity contribution in [3.8, 4) is 11.9 Å². The Bertz CT molecular complexity index is 2480. The van der Waals surface area contributed by atoms with Gasteiger partial charge in [0.15, 0.2) is 17.7 Å². The zero-order valence-corrected chi connectivity index (χ0v) is 37.0. The number of fused-ring (bicyclic) bond motifs is 2. The van der Waals surface area contributed by atoms with E-state index in [0.717, 1.165) is 17.7 Å². The predicted octanol–water partition coefficient (Wildman–Crippen LogP) is 2.10. The van der Waals surface area contributed by atoms with Gasteiger partial charge in [0.2, 0.25) is 17.7 Å². The molecule has 1 saturated heterocycles. The van der Waals surface area contributed by atoms with Crippen molar-refractivity contribution in [3.63, 3.8) is 0 Å². The molecule has 8 rings (SSSR count). The van der Waals surface area contributed by atoms with Gasteiger partial charge in [0.1, 0.15) is 12.1 Å². The molecule has 0 bridgehead atoms. The molecule has 21 heteroatoms. The number of amides is 5. The van der Waals surface area contributed by atoms with E-state index in [4.69, 9.17) is 18.9 Å². The minimum absolute atomic E-state index is 0.0146. The molecule has 2 atom stereocenters. The molecule has 21 nitrogen and oxygen atoms in total. The van der Waals surface area contributed by atoms with Gasteiger partial charge in [0.05, 0.1) is 75.9 Å². The van der Waals surface area contributed by atoms with Gasteiger partial charge in [-0.3, -0.25) is 34.2 Å². The minimum atomic E-state index is -1.32. The van der Waals surface area contributed by atoms with Crippen LogP contribution in [0.2, 0.25) is 0 Å². The normalized spacial score (nSPS) is 20.3. The first-order valence-electron chi connectivity index (χ1n) is 22.8. The van der Waals surface area contributed by atoms with Crippen LogP contribution in [0.4, 0.5) is 11.4 Å². The van der Waals surface area contributed by atoms with Gasteiger partial charge >= 0.3 is 0 Å². The van der Waals surface area contributed by atoms with Crippen molar-refractivity contribution < 1.29 is 48.0 Å². The van der Waals surface area contributed by atoms with Crippen LogP contribution in [0.5, 0.6) is 0 Å². The number of rotatable bonds is 23. The largest absolute Gasteiger partial charge is 0.382 e. The molecule has 0 radical (unpaired) electrons. The summed E-state index contributed by atoms with van der Waals surface area (Å²) in [6.07, 6.45) is 8.34. The Balaban J connectivity index is 0.637. The van der Waals surface area contributed by atoms with Crippen molar-refractivity contribution >= 4 is 51.9 Å². The van der Waals surface area contributed by atoms with Gasteiger partial charge in [-0.2, -0.15) is 15.0 Å². The maximum absolute atomic E-state index is 13.5. The molecule has 2 unspecified atom stereocenters. The van der Waals surface area contributed by atoms with Crippen LogP contribution in [0, 0.1) is 17.2 Å². The Morgan fingerprint density at radius 3 is 2.22 bits per heavy atom. The number of hydrogen-bond donors (Lipinski definition) is 6. The first-order valence-corrected chi connectivity index (χ1v) is 22.8. The molecule has 1 aromatic carbocycles. The van der Waals surface area contributed by atoms with Crippen molar-refractivity contribution in [3.05, 3.63) is 71.2 Å². The maximum atomic E-state index is 13.5. The van der Waals surface area contributed by atoms with Gasteiger partial charge in [-0.25, -0.2) is 9.97 Å². The summed E-state index contributed by atoms with van der Waals surface area (Å²) in [5, 5.41) is 40.4. The fraction of sp³-hybridized carbons (Fsp3) is 0.500. The Morgan fingerprint density at radius 1 is 0.821 bits per heavy atom. The molecule has 0 spiro atoms. The molecule has 2 aliphatic carbocycles. The van der Waals surface area contributed by atoms with Crippen LogP contribution < -0.4 is 26.6 Å². The second kappa shape index (κ2) is 22.3. The highest BCUT2D eigenvalue weighted by Gasteiger charge is 2.45. The third-order valence-electron chi connectivity index (χ3n) is 12.1. The summed E-state index contributed by atoms with van der Waals surface area (Å²) < 4.78 is 24.0. The van der Waals surface area contributed by atoms with E-state index in [1.165, 1.54) is 6.20 Å². The molecule has 2 saturated carbocycles. The van der Waals surface area contributed by atoms with Gasteiger partial charge in [-0.05, 0) is 63.1 Å².